The van der Waals surface area contributed by atoms with E-state index in [1.165, 1.54) is 0 Å². The zero-order valence-electron chi connectivity index (χ0n) is 9.72. The molecule has 2 rings (SSSR count). The summed E-state index contributed by atoms with van der Waals surface area (Å²) in [6.07, 6.45) is 0.956. The molecule has 2 aromatic rings. The van der Waals surface area contributed by atoms with Gasteiger partial charge in [0, 0.05) is 10.0 Å². The van der Waals surface area contributed by atoms with Gasteiger partial charge in [0.15, 0.2) is 0 Å². The van der Waals surface area contributed by atoms with Gasteiger partial charge in [-0.25, -0.2) is 0 Å². The molecule has 0 radical (unpaired) electrons. The van der Waals surface area contributed by atoms with Crippen LogP contribution in [0.3, 0.4) is 0 Å². The van der Waals surface area contributed by atoms with Crippen LogP contribution >= 0.6 is 23.2 Å². The van der Waals surface area contributed by atoms with Gasteiger partial charge in [0.1, 0.15) is 0 Å². The standard InChI is InChI=1S/C14H9Cl2NO2/c15-12-5-1-3-10(7-12)14(9-17(18)19)11-4-2-6-13(16)8-11/h1-9H. The summed E-state index contributed by atoms with van der Waals surface area (Å²) >= 11 is 11.8. The van der Waals surface area contributed by atoms with Crippen molar-refractivity contribution in [2.75, 3.05) is 0 Å². The first-order valence-electron chi connectivity index (χ1n) is 5.43. The molecular formula is C14H9Cl2NO2. The molecule has 0 aromatic heterocycles. The van der Waals surface area contributed by atoms with E-state index in [9.17, 15) is 10.1 Å². The van der Waals surface area contributed by atoms with E-state index in [1.54, 1.807) is 48.5 Å². The van der Waals surface area contributed by atoms with E-state index < -0.39 is 4.92 Å². The van der Waals surface area contributed by atoms with E-state index >= 15 is 0 Å². The summed E-state index contributed by atoms with van der Waals surface area (Å²) in [4.78, 5) is 10.3. The average Bonchev–Trinajstić information content (AvgIpc) is 2.35. The average molecular weight is 294 g/mol. The maximum atomic E-state index is 10.8. The number of benzene rings is 2. The minimum absolute atomic E-state index is 0.468. The van der Waals surface area contributed by atoms with Crippen LogP contribution in [-0.4, -0.2) is 4.92 Å². The van der Waals surface area contributed by atoms with Gasteiger partial charge in [0.25, 0.3) is 0 Å². The third-order valence-corrected chi connectivity index (χ3v) is 2.98. The Morgan fingerprint density at radius 1 is 1.00 bits per heavy atom. The predicted octanol–water partition coefficient (Wildman–Crippen LogP) is 4.66. The molecule has 3 nitrogen and oxygen atoms in total. The fourth-order valence-corrected chi connectivity index (χ4v) is 2.11. The quantitative estimate of drug-likeness (QED) is 0.610. The summed E-state index contributed by atoms with van der Waals surface area (Å²) in [7, 11) is 0. The Labute approximate surface area is 120 Å². The lowest BCUT2D eigenvalue weighted by Gasteiger charge is -2.06. The van der Waals surface area contributed by atoms with Crippen LogP contribution < -0.4 is 0 Å². The number of nitrogens with zero attached hydrogens (tertiary/aromatic N) is 1. The van der Waals surface area contributed by atoms with Gasteiger partial charge in [0.05, 0.1) is 10.5 Å². The van der Waals surface area contributed by atoms with Gasteiger partial charge in [0.2, 0.25) is 6.20 Å². The van der Waals surface area contributed by atoms with Crippen molar-refractivity contribution in [1.82, 2.24) is 0 Å². The van der Waals surface area contributed by atoms with Crippen LogP contribution in [0.4, 0.5) is 0 Å². The summed E-state index contributed by atoms with van der Waals surface area (Å²) in [6, 6.07) is 13.8. The molecule has 0 unspecified atom stereocenters. The third-order valence-electron chi connectivity index (χ3n) is 2.51. The summed E-state index contributed by atoms with van der Waals surface area (Å²) < 4.78 is 0. The highest BCUT2D eigenvalue weighted by atomic mass is 35.5. The molecule has 0 aliphatic heterocycles. The van der Waals surface area contributed by atoms with Crippen LogP contribution in [0.2, 0.25) is 10.0 Å². The smallest absolute Gasteiger partial charge is 0.242 e. The second kappa shape index (κ2) is 5.87. The molecule has 0 bridgehead atoms. The van der Waals surface area contributed by atoms with E-state index in [0.29, 0.717) is 26.7 Å². The van der Waals surface area contributed by atoms with Crippen molar-refractivity contribution < 1.29 is 4.92 Å². The Bertz CT molecular complexity index is 606. The first kappa shape index (κ1) is 13.6. The van der Waals surface area contributed by atoms with E-state index in [0.717, 1.165) is 6.20 Å². The van der Waals surface area contributed by atoms with Crippen molar-refractivity contribution in [3.8, 4) is 0 Å². The normalized spacial score (nSPS) is 10.0. The number of halogens is 2. The number of hydrogen-bond acceptors (Lipinski definition) is 2. The number of hydrogen-bond donors (Lipinski definition) is 0. The van der Waals surface area contributed by atoms with E-state index in [4.69, 9.17) is 23.2 Å². The fourth-order valence-electron chi connectivity index (χ4n) is 1.73. The molecule has 0 fully saturated rings. The molecule has 0 saturated heterocycles. The monoisotopic (exact) mass is 293 g/mol. The summed E-state index contributed by atoms with van der Waals surface area (Å²) in [6.45, 7) is 0. The Morgan fingerprint density at radius 2 is 1.47 bits per heavy atom. The second-order valence-corrected chi connectivity index (χ2v) is 4.72. The Hall–Kier alpha value is -1.84. The largest absolute Gasteiger partial charge is 0.259 e. The molecule has 19 heavy (non-hydrogen) atoms. The van der Waals surface area contributed by atoms with Crippen molar-refractivity contribution in [1.29, 1.82) is 0 Å². The van der Waals surface area contributed by atoms with E-state index in [1.807, 2.05) is 0 Å². The lowest BCUT2D eigenvalue weighted by Crippen LogP contribution is -1.93. The zero-order chi connectivity index (χ0) is 13.8. The lowest BCUT2D eigenvalue weighted by atomic mass is 9.99. The van der Waals surface area contributed by atoms with Gasteiger partial charge >= 0.3 is 0 Å². The first-order valence-corrected chi connectivity index (χ1v) is 6.19. The van der Waals surface area contributed by atoms with Gasteiger partial charge in [-0.2, -0.15) is 0 Å². The van der Waals surface area contributed by atoms with Gasteiger partial charge in [-0.3, -0.25) is 10.1 Å². The van der Waals surface area contributed by atoms with Crippen molar-refractivity contribution in [3.05, 3.63) is 86.0 Å². The lowest BCUT2D eigenvalue weighted by molar-refractivity contribution is -0.401. The SMILES string of the molecule is O=[N+]([O-])C=C(c1cccc(Cl)c1)c1cccc(Cl)c1. The maximum absolute atomic E-state index is 10.8. The molecular weight excluding hydrogens is 285 g/mol. The van der Waals surface area contributed by atoms with Crippen LogP contribution in [0.5, 0.6) is 0 Å². The van der Waals surface area contributed by atoms with Gasteiger partial charge < -0.3 is 0 Å². The van der Waals surface area contributed by atoms with Crippen molar-refractivity contribution in [3.63, 3.8) is 0 Å². The first-order chi connectivity index (χ1) is 9.06. The number of rotatable bonds is 3. The summed E-state index contributed by atoms with van der Waals surface area (Å²) in [5.74, 6) is 0. The molecule has 0 amide bonds. The predicted molar refractivity (Wildman–Crippen MR) is 77.0 cm³/mol. The van der Waals surface area contributed by atoms with Crippen LogP contribution in [0, 0.1) is 10.1 Å². The van der Waals surface area contributed by atoms with Crippen LogP contribution in [-0.2, 0) is 0 Å². The molecule has 0 spiro atoms. The molecule has 0 aliphatic carbocycles. The number of nitro groups is 1. The molecule has 2 aromatic carbocycles. The Balaban J connectivity index is 2.57. The molecule has 0 aliphatic rings. The highest BCUT2D eigenvalue weighted by molar-refractivity contribution is 6.31. The third kappa shape index (κ3) is 3.56. The van der Waals surface area contributed by atoms with Gasteiger partial charge in [-0.1, -0.05) is 47.5 Å². The fraction of sp³-hybridized carbons (Fsp3) is 0. The molecule has 5 heteroatoms. The Kier molecular flexibility index (Phi) is 4.20. The van der Waals surface area contributed by atoms with Crippen LogP contribution in [0.25, 0.3) is 5.57 Å². The zero-order valence-corrected chi connectivity index (χ0v) is 11.2. The molecule has 0 heterocycles. The summed E-state index contributed by atoms with van der Waals surface area (Å²) in [5.41, 5.74) is 1.81. The molecule has 96 valence electrons. The topological polar surface area (TPSA) is 43.1 Å². The minimum atomic E-state index is -0.489. The van der Waals surface area contributed by atoms with Crippen LogP contribution in [0.1, 0.15) is 11.1 Å². The van der Waals surface area contributed by atoms with Crippen molar-refractivity contribution in [2.24, 2.45) is 0 Å². The molecule has 0 N–H and O–H groups in total. The maximum Gasteiger partial charge on any atom is 0.242 e. The van der Waals surface area contributed by atoms with Crippen molar-refractivity contribution in [2.45, 2.75) is 0 Å². The minimum Gasteiger partial charge on any atom is -0.259 e. The van der Waals surface area contributed by atoms with Gasteiger partial charge in [-0.05, 0) is 35.4 Å². The molecule has 0 saturated carbocycles. The van der Waals surface area contributed by atoms with Crippen molar-refractivity contribution >= 4 is 28.8 Å². The van der Waals surface area contributed by atoms with Gasteiger partial charge in [-0.15, -0.1) is 0 Å². The van der Waals surface area contributed by atoms with Crippen LogP contribution in [0.15, 0.2) is 54.7 Å². The second-order valence-electron chi connectivity index (χ2n) is 3.85. The van der Waals surface area contributed by atoms with E-state index in [2.05, 4.69) is 0 Å². The highest BCUT2D eigenvalue weighted by Crippen LogP contribution is 2.27. The van der Waals surface area contributed by atoms with E-state index in [-0.39, 0.29) is 0 Å². The highest BCUT2D eigenvalue weighted by Gasteiger charge is 2.10. The summed E-state index contributed by atoms with van der Waals surface area (Å²) in [5, 5.41) is 11.8. The Morgan fingerprint density at radius 3 is 1.84 bits per heavy atom. The molecule has 0 atom stereocenters.